The van der Waals surface area contributed by atoms with Crippen LogP contribution in [0.4, 0.5) is 0 Å². The van der Waals surface area contributed by atoms with Gasteiger partial charge in [-0.05, 0) is 18.4 Å². The average Bonchev–Trinajstić information content (AvgIpc) is 2.75. The van der Waals surface area contributed by atoms with Gasteiger partial charge in [-0.15, -0.1) is 11.3 Å². The molecule has 1 atom stereocenters. The van der Waals surface area contributed by atoms with E-state index >= 15 is 0 Å². The summed E-state index contributed by atoms with van der Waals surface area (Å²) in [7, 11) is 1.61. The van der Waals surface area contributed by atoms with Crippen LogP contribution < -0.4 is 0 Å². The SMILES string of the molecule is COCC(C)OCc1c(C(=O)O)sc2ccccc12. The quantitative estimate of drug-likeness (QED) is 0.883. The summed E-state index contributed by atoms with van der Waals surface area (Å²) in [6.45, 7) is 2.68. The summed E-state index contributed by atoms with van der Waals surface area (Å²) in [6.07, 6.45) is -0.0645. The summed E-state index contributed by atoms with van der Waals surface area (Å²) in [4.78, 5) is 11.6. The number of benzene rings is 1. The molecule has 1 unspecified atom stereocenters. The third-order valence-electron chi connectivity index (χ3n) is 2.81. The average molecular weight is 280 g/mol. The molecule has 0 aliphatic rings. The zero-order valence-electron chi connectivity index (χ0n) is 10.9. The molecule has 0 bridgehead atoms. The maximum atomic E-state index is 11.3. The Morgan fingerprint density at radius 1 is 1.42 bits per heavy atom. The molecule has 0 saturated carbocycles. The monoisotopic (exact) mass is 280 g/mol. The van der Waals surface area contributed by atoms with Gasteiger partial charge in [0.25, 0.3) is 0 Å². The fourth-order valence-electron chi connectivity index (χ4n) is 1.92. The van der Waals surface area contributed by atoms with Gasteiger partial charge in [-0.25, -0.2) is 4.79 Å². The lowest BCUT2D eigenvalue weighted by Crippen LogP contribution is -2.15. The van der Waals surface area contributed by atoms with Crippen molar-refractivity contribution in [1.29, 1.82) is 0 Å². The van der Waals surface area contributed by atoms with E-state index in [1.54, 1.807) is 7.11 Å². The fraction of sp³-hybridized carbons (Fsp3) is 0.357. The minimum atomic E-state index is -0.904. The van der Waals surface area contributed by atoms with Crippen molar-refractivity contribution in [1.82, 2.24) is 0 Å². The number of ether oxygens (including phenoxy) is 2. The van der Waals surface area contributed by atoms with Crippen LogP contribution in [0.2, 0.25) is 0 Å². The zero-order valence-corrected chi connectivity index (χ0v) is 11.7. The van der Waals surface area contributed by atoms with Crippen LogP contribution in [0, 0.1) is 0 Å². The predicted octanol–water partition coefficient (Wildman–Crippen LogP) is 3.15. The van der Waals surface area contributed by atoms with Crippen molar-refractivity contribution in [2.45, 2.75) is 19.6 Å². The van der Waals surface area contributed by atoms with E-state index in [4.69, 9.17) is 9.47 Å². The molecule has 102 valence electrons. The third-order valence-corrected chi connectivity index (χ3v) is 4.01. The van der Waals surface area contributed by atoms with E-state index in [-0.39, 0.29) is 12.7 Å². The summed E-state index contributed by atoms with van der Waals surface area (Å²) in [6, 6.07) is 7.66. The number of carbonyl (C=O) groups is 1. The van der Waals surface area contributed by atoms with Crippen LogP contribution in [0.25, 0.3) is 10.1 Å². The summed E-state index contributed by atoms with van der Waals surface area (Å²) in [5, 5.41) is 10.2. The van der Waals surface area contributed by atoms with Crippen molar-refractivity contribution < 1.29 is 19.4 Å². The second-order valence-electron chi connectivity index (χ2n) is 4.29. The van der Waals surface area contributed by atoms with E-state index < -0.39 is 5.97 Å². The lowest BCUT2D eigenvalue weighted by atomic mass is 10.1. The maximum Gasteiger partial charge on any atom is 0.346 e. The van der Waals surface area contributed by atoms with Crippen LogP contribution in [0.3, 0.4) is 0 Å². The van der Waals surface area contributed by atoms with Crippen LogP contribution in [0.5, 0.6) is 0 Å². The Bertz CT molecular complexity index is 576. The summed E-state index contributed by atoms with van der Waals surface area (Å²) in [5.74, 6) is -0.904. The first-order valence-electron chi connectivity index (χ1n) is 5.97. The Hall–Kier alpha value is -1.43. The number of carboxylic acid groups (broad SMARTS) is 1. The minimum absolute atomic E-state index is 0.0645. The highest BCUT2D eigenvalue weighted by Gasteiger charge is 2.18. The van der Waals surface area contributed by atoms with Crippen LogP contribution >= 0.6 is 11.3 Å². The molecule has 1 aromatic carbocycles. The number of fused-ring (bicyclic) bond motifs is 1. The molecule has 1 heterocycles. The van der Waals surface area contributed by atoms with Crippen LogP contribution in [0.1, 0.15) is 22.2 Å². The second kappa shape index (κ2) is 6.14. The highest BCUT2D eigenvalue weighted by atomic mass is 32.1. The number of methoxy groups -OCH3 is 1. The molecule has 4 nitrogen and oxygen atoms in total. The molecule has 0 saturated heterocycles. The molecule has 0 spiro atoms. The fourth-order valence-corrected chi connectivity index (χ4v) is 2.97. The highest BCUT2D eigenvalue weighted by Crippen LogP contribution is 2.32. The van der Waals surface area contributed by atoms with E-state index in [0.717, 1.165) is 15.6 Å². The van der Waals surface area contributed by atoms with Gasteiger partial charge < -0.3 is 14.6 Å². The molecule has 0 aliphatic carbocycles. The lowest BCUT2D eigenvalue weighted by Gasteiger charge is -2.12. The zero-order chi connectivity index (χ0) is 13.8. The molecule has 0 radical (unpaired) electrons. The van der Waals surface area contributed by atoms with Crippen molar-refractivity contribution in [2.75, 3.05) is 13.7 Å². The molecule has 0 fully saturated rings. The van der Waals surface area contributed by atoms with Gasteiger partial charge in [-0.2, -0.15) is 0 Å². The summed E-state index contributed by atoms with van der Waals surface area (Å²) >= 11 is 1.29. The summed E-state index contributed by atoms with van der Waals surface area (Å²) < 4.78 is 11.6. The summed E-state index contributed by atoms with van der Waals surface area (Å²) in [5.41, 5.74) is 0.746. The lowest BCUT2D eigenvalue weighted by molar-refractivity contribution is 0.0000361. The molecule has 19 heavy (non-hydrogen) atoms. The molecule has 5 heteroatoms. The third kappa shape index (κ3) is 3.12. The number of aromatic carboxylic acids is 1. The van der Waals surface area contributed by atoms with Gasteiger partial charge in [0.1, 0.15) is 4.88 Å². The maximum absolute atomic E-state index is 11.3. The smallest absolute Gasteiger partial charge is 0.346 e. The first-order valence-corrected chi connectivity index (χ1v) is 6.79. The largest absolute Gasteiger partial charge is 0.477 e. The Kier molecular flexibility index (Phi) is 4.52. The highest BCUT2D eigenvalue weighted by molar-refractivity contribution is 7.21. The minimum Gasteiger partial charge on any atom is -0.477 e. The first kappa shape index (κ1) is 14.0. The van der Waals surface area contributed by atoms with Crippen molar-refractivity contribution in [3.8, 4) is 0 Å². The number of carboxylic acids is 1. The molecule has 0 amide bonds. The van der Waals surface area contributed by atoms with Crippen molar-refractivity contribution >= 4 is 27.4 Å². The number of hydrogen-bond donors (Lipinski definition) is 1. The molecule has 1 aromatic heterocycles. The van der Waals surface area contributed by atoms with Gasteiger partial charge >= 0.3 is 5.97 Å². The van der Waals surface area contributed by atoms with Gasteiger partial charge in [0.05, 0.1) is 19.3 Å². The molecule has 1 N–H and O–H groups in total. The van der Waals surface area contributed by atoms with Gasteiger partial charge in [0.15, 0.2) is 0 Å². The topological polar surface area (TPSA) is 55.8 Å². The van der Waals surface area contributed by atoms with E-state index in [2.05, 4.69) is 0 Å². The molecule has 0 aliphatic heterocycles. The van der Waals surface area contributed by atoms with Gasteiger partial charge in [0, 0.05) is 17.4 Å². The molecule has 2 rings (SSSR count). The predicted molar refractivity (Wildman–Crippen MR) is 74.9 cm³/mol. The Morgan fingerprint density at radius 3 is 2.84 bits per heavy atom. The van der Waals surface area contributed by atoms with E-state index in [1.807, 2.05) is 31.2 Å². The van der Waals surface area contributed by atoms with Gasteiger partial charge in [-0.3, -0.25) is 0 Å². The Labute approximate surface area is 115 Å². The van der Waals surface area contributed by atoms with E-state index in [0.29, 0.717) is 11.5 Å². The van der Waals surface area contributed by atoms with E-state index in [1.165, 1.54) is 11.3 Å². The first-order chi connectivity index (χ1) is 9.13. The normalized spacial score (nSPS) is 12.7. The molecular weight excluding hydrogens is 264 g/mol. The van der Waals surface area contributed by atoms with Crippen molar-refractivity contribution in [3.05, 3.63) is 34.7 Å². The Balaban J connectivity index is 2.29. The van der Waals surface area contributed by atoms with Crippen molar-refractivity contribution in [3.63, 3.8) is 0 Å². The van der Waals surface area contributed by atoms with E-state index in [9.17, 15) is 9.90 Å². The number of rotatable bonds is 6. The van der Waals surface area contributed by atoms with Crippen LogP contribution in [-0.4, -0.2) is 30.9 Å². The van der Waals surface area contributed by atoms with Crippen molar-refractivity contribution in [2.24, 2.45) is 0 Å². The van der Waals surface area contributed by atoms with Crippen LogP contribution in [0.15, 0.2) is 24.3 Å². The molecule has 2 aromatic rings. The van der Waals surface area contributed by atoms with Gasteiger partial charge in [0.2, 0.25) is 0 Å². The second-order valence-corrected chi connectivity index (χ2v) is 5.34. The number of thiophene rings is 1. The Morgan fingerprint density at radius 2 is 2.16 bits per heavy atom. The van der Waals surface area contributed by atoms with Crippen LogP contribution in [-0.2, 0) is 16.1 Å². The number of hydrogen-bond acceptors (Lipinski definition) is 4. The van der Waals surface area contributed by atoms with Gasteiger partial charge in [-0.1, -0.05) is 18.2 Å². The standard InChI is InChI=1S/C14H16O4S/c1-9(7-17-2)18-8-11-10-5-3-4-6-12(10)19-13(11)14(15)16/h3-6,9H,7-8H2,1-2H3,(H,15,16). The molecular formula is C14H16O4S.